The number of nitrogens with one attached hydrogen (secondary N) is 2. The summed E-state index contributed by atoms with van der Waals surface area (Å²) in [7, 11) is 0. The molecule has 2 N–H and O–H groups in total. The first-order chi connectivity index (χ1) is 14.6. The molecule has 6 nitrogen and oxygen atoms in total. The van der Waals surface area contributed by atoms with Crippen molar-refractivity contribution >= 4 is 10.9 Å². The average molecular weight is 403 g/mol. The number of benzene rings is 1. The molecule has 0 unspecified atom stereocenters. The van der Waals surface area contributed by atoms with Gasteiger partial charge in [-0.25, -0.2) is 9.97 Å². The Labute approximate surface area is 177 Å². The number of hydrogen-bond donors (Lipinski definition) is 2. The quantitative estimate of drug-likeness (QED) is 0.500. The molecule has 0 atom stereocenters. The highest BCUT2D eigenvalue weighted by atomic mass is 15.1. The lowest BCUT2D eigenvalue weighted by atomic mass is 9.88. The van der Waals surface area contributed by atoms with E-state index in [-0.39, 0.29) is 0 Å². The highest BCUT2D eigenvalue weighted by Gasteiger charge is 2.23. The lowest BCUT2D eigenvalue weighted by Gasteiger charge is -2.31. The number of likely N-dealkylation sites (tertiary alicyclic amines) is 1. The zero-order chi connectivity index (χ0) is 20.7. The first-order valence-electron chi connectivity index (χ1n) is 11.0. The predicted octanol–water partition coefficient (Wildman–Crippen LogP) is 4.89. The monoisotopic (exact) mass is 402 g/mol. The largest absolute Gasteiger partial charge is 0.351 e. The zero-order valence-corrected chi connectivity index (χ0v) is 18.0. The van der Waals surface area contributed by atoms with Crippen molar-refractivity contribution in [1.29, 1.82) is 0 Å². The minimum atomic E-state index is 0.432. The van der Waals surface area contributed by atoms with Crippen molar-refractivity contribution in [2.75, 3.05) is 13.1 Å². The summed E-state index contributed by atoms with van der Waals surface area (Å²) in [5.41, 5.74) is 5.19. The summed E-state index contributed by atoms with van der Waals surface area (Å²) in [5.74, 6) is 3.22. The Morgan fingerprint density at radius 1 is 1.17 bits per heavy atom. The summed E-state index contributed by atoms with van der Waals surface area (Å²) in [6.07, 6.45) is 10.1. The molecule has 0 bridgehead atoms. The van der Waals surface area contributed by atoms with Crippen LogP contribution in [-0.4, -0.2) is 42.5 Å². The van der Waals surface area contributed by atoms with Crippen molar-refractivity contribution in [3.05, 3.63) is 65.8 Å². The van der Waals surface area contributed by atoms with Gasteiger partial charge in [-0.1, -0.05) is 19.9 Å². The van der Waals surface area contributed by atoms with Crippen molar-refractivity contribution < 1.29 is 0 Å². The first-order valence-corrected chi connectivity index (χ1v) is 11.0. The van der Waals surface area contributed by atoms with Crippen LogP contribution in [0.4, 0.5) is 0 Å². The topological polar surface area (TPSA) is 65.5 Å². The van der Waals surface area contributed by atoms with E-state index in [4.69, 9.17) is 0 Å². The summed E-state index contributed by atoms with van der Waals surface area (Å²) in [5, 5.41) is 1.35. The van der Waals surface area contributed by atoms with Crippen LogP contribution in [0, 0.1) is 6.92 Å². The van der Waals surface area contributed by atoms with E-state index in [0.29, 0.717) is 11.8 Å². The number of hydrogen-bond acceptors (Lipinski definition) is 3. The molecule has 156 valence electrons. The molecule has 0 saturated carbocycles. The number of aromatic amines is 2. The third-order valence-corrected chi connectivity index (χ3v) is 6.49. The van der Waals surface area contributed by atoms with E-state index in [1.54, 1.807) is 6.33 Å². The molecular weight excluding hydrogens is 372 g/mol. The van der Waals surface area contributed by atoms with Crippen LogP contribution in [0.3, 0.4) is 0 Å². The fourth-order valence-corrected chi connectivity index (χ4v) is 4.89. The lowest BCUT2D eigenvalue weighted by Crippen LogP contribution is -2.32. The first kappa shape index (κ1) is 19.1. The SMILES string of the molecule is Cc1nccn1-c1[nH]c2ccc(C3CCN(Cc4c[nH]cn4)CC3)cc2c1C(C)C. The van der Waals surface area contributed by atoms with Crippen molar-refractivity contribution in [2.45, 2.75) is 52.0 Å². The third kappa shape index (κ3) is 3.45. The lowest BCUT2D eigenvalue weighted by molar-refractivity contribution is 0.203. The van der Waals surface area contributed by atoms with Gasteiger partial charge in [0.15, 0.2) is 0 Å². The summed E-state index contributed by atoms with van der Waals surface area (Å²) >= 11 is 0. The van der Waals surface area contributed by atoms with Gasteiger partial charge in [-0.15, -0.1) is 0 Å². The molecule has 1 saturated heterocycles. The number of rotatable bonds is 5. The maximum atomic E-state index is 4.42. The molecule has 1 fully saturated rings. The third-order valence-electron chi connectivity index (χ3n) is 6.49. The maximum Gasteiger partial charge on any atom is 0.120 e. The van der Waals surface area contributed by atoms with Gasteiger partial charge in [0, 0.05) is 41.6 Å². The van der Waals surface area contributed by atoms with Crippen molar-refractivity contribution in [2.24, 2.45) is 0 Å². The van der Waals surface area contributed by atoms with Gasteiger partial charge in [0.25, 0.3) is 0 Å². The number of aryl methyl sites for hydroxylation is 1. The van der Waals surface area contributed by atoms with Crippen LogP contribution < -0.4 is 0 Å². The van der Waals surface area contributed by atoms with E-state index >= 15 is 0 Å². The van der Waals surface area contributed by atoms with E-state index < -0.39 is 0 Å². The van der Waals surface area contributed by atoms with E-state index in [1.807, 2.05) is 18.6 Å². The second-order valence-electron chi connectivity index (χ2n) is 8.80. The molecule has 0 spiro atoms. The summed E-state index contributed by atoms with van der Waals surface area (Å²) in [6.45, 7) is 9.80. The fourth-order valence-electron chi connectivity index (χ4n) is 4.89. The molecule has 30 heavy (non-hydrogen) atoms. The molecule has 0 radical (unpaired) electrons. The van der Waals surface area contributed by atoms with Crippen LogP contribution >= 0.6 is 0 Å². The van der Waals surface area contributed by atoms with E-state index in [1.165, 1.54) is 34.9 Å². The van der Waals surface area contributed by atoms with Gasteiger partial charge in [0.05, 0.1) is 12.0 Å². The van der Waals surface area contributed by atoms with Crippen molar-refractivity contribution in [3.8, 4) is 5.82 Å². The van der Waals surface area contributed by atoms with Gasteiger partial charge in [-0.05, 0) is 62.4 Å². The van der Waals surface area contributed by atoms with Crippen molar-refractivity contribution in [3.63, 3.8) is 0 Å². The Morgan fingerprint density at radius 3 is 2.67 bits per heavy atom. The van der Waals surface area contributed by atoms with Crippen LogP contribution in [0.1, 0.15) is 61.2 Å². The molecule has 4 heterocycles. The Hall–Kier alpha value is -2.86. The van der Waals surface area contributed by atoms with E-state index in [0.717, 1.165) is 37.0 Å². The fraction of sp³-hybridized carbons (Fsp3) is 0.417. The highest BCUT2D eigenvalue weighted by molar-refractivity contribution is 5.88. The number of piperidine rings is 1. The van der Waals surface area contributed by atoms with E-state index in [9.17, 15) is 0 Å². The number of H-pyrrole nitrogens is 2. The van der Waals surface area contributed by atoms with Gasteiger partial charge in [-0.2, -0.15) is 0 Å². The summed E-state index contributed by atoms with van der Waals surface area (Å²) in [4.78, 5) is 18.0. The number of imidazole rings is 2. The summed E-state index contributed by atoms with van der Waals surface area (Å²) in [6, 6.07) is 7.02. The molecule has 4 aromatic rings. The molecule has 0 aliphatic carbocycles. The Balaban J connectivity index is 1.41. The van der Waals surface area contributed by atoms with E-state index in [2.05, 4.69) is 68.4 Å². The van der Waals surface area contributed by atoms with Crippen LogP contribution in [0.25, 0.3) is 16.7 Å². The molecule has 1 aliphatic rings. The molecular formula is C24H30N6. The standard InChI is InChI=1S/C24H30N6/c1-16(2)23-21-12-19(4-5-22(21)28-24(23)30-11-8-26-17(30)3)18-6-9-29(10-7-18)14-20-13-25-15-27-20/h4-5,8,11-13,15-16,18,28H,6-7,9-10,14H2,1-3H3,(H,25,27). The minimum Gasteiger partial charge on any atom is -0.351 e. The molecule has 1 aliphatic heterocycles. The molecule has 5 rings (SSSR count). The van der Waals surface area contributed by atoms with Gasteiger partial charge in [0.2, 0.25) is 0 Å². The molecule has 6 heteroatoms. The normalized spacial score (nSPS) is 16.1. The van der Waals surface area contributed by atoms with Crippen LogP contribution in [0.5, 0.6) is 0 Å². The van der Waals surface area contributed by atoms with Gasteiger partial charge >= 0.3 is 0 Å². The number of fused-ring (bicyclic) bond motifs is 1. The maximum absolute atomic E-state index is 4.42. The average Bonchev–Trinajstić information content (AvgIpc) is 3.47. The Morgan fingerprint density at radius 2 is 2.00 bits per heavy atom. The van der Waals surface area contributed by atoms with Gasteiger partial charge < -0.3 is 9.97 Å². The summed E-state index contributed by atoms with van der Waals surface area (Å²) < 4.78 is 2.17. The second-order valence-corrected chi connectivity index (χ2v) is 8.80. The van der Waals surface area contributed by atoms with Gasteiger partial charge in [0.1, 0.15) is 11.6 Å². The highest BCUT2D eigenvalue weighted by Crippen LogP contribution is 2.36. The smallest absolute Gasteiger partial charge is 0.120 e. The Kier molecular flexibility index (Phi) is 4.95. The predicted molar refractivity (Wildman–Crippen MR) is 120 cm³/mol. The molecule has 1 aromatic carbocycles. The molecule has 0 amide bonds. The Bertz CT molecular complexity index is 1130. The van der Waals surface area contributed by atoms with Gasteiger partial charge in [-0.3, -0.25) is 9.47 Å². The number of nitrogens with zero attached hydrogens (tertiary/aromatic N) is 4. The molecule has 3 aromatic heterocycles. The van der Waals surface area contributed by atoms with Crippen LogP contribution in [0.2, 0.25) is 0 Å². The minimum absolute atomic E-state index is 0.432. The second kappa shape index (κ2) is 7.76. The van der Waals surface area contributed by atoms with Crippen LogP contribution in [0.15, 0.2) is 43.1 Å². The zero-order valence-electron chi connectivity index (χ0n) is 18.0. The van der Waals surface area contributed by atoms with Crippen LogP contribution in [-0.2, 0) is 6.54 Å². The van der Waals surface area contributed by atoms with Crippen molar-refractivity contribution in [1.82, 2.24) is 29.4 Å². The number of aromatic nitrogens is 5.